The van der Waals surface area contributed by atoms with Crippen LogP contribution in [0.15, 0.2) is 78.3 Å². The summed E-state index contributed by atoms with van der Waals surface area (Å²) in [4.78, 5) is 33.7. The van der Waals surface area contributed by atoms with E-state index in [1.54, 1.807) is 22.5 Å². The lowest BCUT2D eigenvalue weighted by molar-refractivity contribution is 0.0535. The number of thiazole rings is 1. The predicted molar refractivity (Wildman–Crippen MR) is 129 cm³/mol. The fraction of sp³-hybridized carbons (Fsp3) is 0.192. The Kier molecular flexibility index (Phi) is 6.04. The van der Waals surface area contributed by atoms with Crippen LogP contribution in [0.1, 0.15) is 26.3 Å². The molecule has 1 aliphatic heterocycles. The average molecular weight is 458 g/mol. The van der Waals surface area contributed by atoms with Crippen LogP contribution in [0.4, 0.5) is 0 Å². The molecule has 3 aromatic carbocycles. The number of hydrogen-bond donors (Lipinski definition) is 0. The Bertz CT molecular complexity index is 1260. The number of aromatic nitrogens is 1. The first-order valence-electron chi connectivity index (χ1n) is 10.9. The van der Waals surface area contributed by atoms with Crippen LogP contribution >= 0.6 is 11.3 Å². The van der Waals surface area contributed by atoms with Crippen molar-refractivity contribution in [3.8, 4) is 5.75 Å². The number of amides is 2. The van der Waals surface area contributed by atoms with Gasteiger partial charge in [-0.05, 0) is 48.0 Å². The Morgan fingerprint density at radius 3 is 2.15 bits per heavy atom. The highest BCUT2D eigenvalue weighted by Gasteiger charge is 2.25. The van der Waals surface area contributed by atoms with Crippen LogP contribution in [0.25, 0.3) is 10.2 Å². The highest BCUT2D eigenvalue weighted by atomic mass is 32.1. The SMILES string of the molecule is O=C(c1ccc(OCc2ccccc2)cc1)N1CCN(C(=O)c2ccc3ncsc3c2)CC1. The number of carbonyl (C=O) groups excluding carboxylic acids is 2. The molecule has 33 heavy (non-hydrogen) atoms. The molecule has 166 valence electrons. The van der Waals surface area contributed by atoms with Gasteiger partial charge in [0.05, 0.1) is 15.7 Å². The molecule has 0 saturated carbocycles. The van der Waals surface area contributed by atoms with Crippen molar-refractivity contribution in [1.82, 2.24) is 14.8 Å². The Labute approximate surface area is 196 Å². The van der Waals surface area contributed by atoms with Crippen molar-refractivity contribution in [2.45, 2.75) is 6.61 Å². The molecule has 1 aliphatic rings. The van der Waals surface area contributed by atoms with Crippen molar-refractivity contribution in [3.63, 3.8) is 0 Å². The minimum Gasteiger partial charge on any atom is -0.489 e. The van der Waals surface area contributed by atoms with Crippen LogP contribution in [0.2, 0.25) is 0 Å². The molecule has 0 aliphatic carbocycles. The smallest absolute Gasteiger partial charge is 0.254 e. The number of nitrogens with zero attached hydrogens (tertiary/aromatic N) is 3. The molecule has 1 fully saturated rings. The summed E-state index contributed by atoms with van der Waals surface area (Å²) in [6.07, 6.45) is 0. The Morgan fingerprint density at radius 2 is 1.45 bits per heavy atom. The van der Waals surface area contributed by atoms with Crippen LogP contribution in [-0.2, 0) is 6.61 Å². The van der Waals surface area contributed by atoms with Crippen molar-refractivity contribution in [1.29, 1.82) is 0 Å². The average Bonchev–Trinajstić information content (AvgIpc) is 3.36. The van der Waals surface area contributed by atoms with Crippen molar-refractivity contribution in [2.75, 3.05) is 26.2 Å². The van der Waals surface area contributed by atoms with E-state index in [0.29, 0.717) is 43.9 Å². The molecule has 0 spiro atoms. The zero-order chi connectivity index (χ0) is 22.6. The van der Waals surface area contributed by atoms with Crippen molar-refractivity contribution in [3.05, 3.63) is 95.0 Å². The Hall–Kier alpha value is -3.71. The zero-order valence-corrected chi connectivity index (χ0v) is 18.8. The van der Waals surface area contributed by atoms with Crippen LogP contribution in [0, 0.1) is 0 Å². The molecule has 2 heterocycles. The molecule has 7 heteroatoms. The molecule has 4 aromatic rings. The third-order valence-corrected chi connectivity index (χ3v) is 6.57. The van der Waals surface area contributed by atoms with Crippen molar-refractivity contribution in [2.24, 2.45) is 0 Å². The predicted octanol–water partition coefficient (Wildman–Crippen LogP) is 4.47. The third kappa shape index (κ3) is 4.73. The van der Waals surface area contributed by atoms with Crippen molar-refractivity contribution < 1.29 is 14.3 Å². The third-order valence-electron chi connectivity index (χ3n) is 5.78. The number of piperazine rings is 1. The molecular weight excluding hydrogens is 434 g/mol. The van der Waals surface area contributed by atoms with Crippen LogP contribution in [0.3, 0.4) is 0 Å². The summed E-state index contributed by atoms with van der Waals surface area (Å²) >= 11 is 1.53. The Morgan fingerprint density at radius 1 is 0.818 bits per heavy atom. The minimum absolute atomic E-state index is 0.00248. The maximum absolute atomic E-state index is 12.9. The Balaban J connectivity index is 1.16. The molecule has 2 amide bonds. The molecular formula is C26H23N3O3S. The maximum atomic E-state index is 12.9. The topological polar surface area (TPSA) is 62.7 Å². The highest BCUT2D eigenvalue weighted by molar-refractivity contribution is 7.16. The summed E-state index contributed by atoms with van der Waals surface area (Å²) in [6, 6.07) is 22.8. The number of ether oxygens (including phenoxy) is 1. The van der Waals surface area contributed by atoms with Gasteiger partial charge in [0.15, 0.2) is 0 Å². The fourth-order valence-electron chi connectivity index (χ4n) is 3.90. The molecule has 1 saturated heterocycles. The van der Waals surface area contributed by atoms with Gasteiger partial charge in [0.1, 0.15) is 12.4 Å². The standard InChI is InChI=1S/C26H23N3O3S/c30-25(20-6-9-22(10-7-20)32-17-19-4-2-1-3-5-19)28-12-14-29(15-13-28)26(31)21-8-11-23-24(16-21)33-18-27-23/h1-11,16,18H,12-15,17H2. The quantitative estimate of drug-likeness (QED) is 0.444. The van der Waals surface area contributed by atoms with Gasteiger partial charge >= 0.3 is 0 Å². The fourth-order valence-corrected chi connectivity index (χ4v) is 4.62. The molecule has 5 rings (SSSR count). The number of carbonyl (C=O) groups is 2. The highest BCUT2D eigenvalue weighted by Crippen LogP contribution is 2.21. The number of hydrogen-bond acceptors (Lipinski definition) is 5. The van der Waals surface area contributed by atoms with E-state index in [9.17, 15) is 9.59 Å². The van der Waals surface area contributed by atoms with Gasteiger partial charge in [-0.2, -0.15) is 0 Å². The normalized spacial score (nSPS) is 13.8. The summed E-state index contributed by atoms with van der Waals surface area (Å²) in [5.41, 5.74) is 5.07. The summed E-state index contributed by atoms with van der Waals surface area (Å²) in [6.45, 7) is 2.55. The summed E-state index contributed by atoms with van der Waals surface area (Å²) in [7, 11) is 0. The lowest BCUT2D eigenvalue weighted by Gasteiger charge is -2.35. The molecule has 0 atom stereocenters. The van der Waals surface area contributed by atoms with E-state index in [2.05, 4.69) is 4.98 Å². The number of rotatable bonds is 5. The van der Waals surface area contributed by atoms with Gasteiger partial charge in [0.2, 0.25) is 0 Å². The number of fused-ring (bicyclic) bond motifs is 1. The monoisotopic (exact) mass is 457 g/mol. The zero-order valence-electron chi connectivity index (χ0n) is 18.0. The van der Waals surface area contributed by atoms with E-state index in [0.717, 1.165) is 21.5 Å². The maximum Gasteiger partial charge on any atom is 0.254 e. The largest absolute Gasteiger partial charge is 0.489 e. The van der Waals surface area contributed by atoms with Crippen LogP contribution < -0.4 is 4.74 Å². The van der Waals surface area contributed by atoms with Gasteiger partial charge < -0.3 is 14.5 Å². The summed E-state index contributed by atoms with van der Waals surface area (Å²) in [5.74, 6) is 0.698. The minimum atomic E-state index is -0.0252. The van der Waals surface area contributed by atoms with E-state index < -0.39 is 0 Å². The van der Waals surface area contributed by atoms with E-state index in [4.69, 9.17) is 4.74 Å². The first-order chi connectivity index (χ1) is 16.2. The van der Waals surface area contributed by atoms with E-state index in [-0.39, 0.29) is 11.8 Å². The summed E-state index contributed by atoms with van der Waals surface area (Å²) in [5, 5.41) is 0. The molecule has 0 bridgehead atoms. The van der Waals surface area contributed by atoms with E-state index in [1.807, 2.05) is 65.6 Å². The lowest BCUT2D eigenvalue weighted by atomic mass is 10.1. The molecule has 6 nitrogen and oxygen atoms in total. The first kappa shape index (κ1) is 21.2. The molecule has 1 aromatic heterocycles. The van der Waals surface area contributed by atoms with Gasteiger partial charge in [-0.25, -0.2) is 4.98 Å². The lowest BCUT2D eigenvalue weighted by Crippen LogP contribution is -2.50. The molecule has 0 radical (unpaired) electrons. The van der Waals surface area contributed by atoms with E-state index >= 15 is 0 Å². The van der Waals surface area contributed by atoms with Gasteiger partial charge in [0.25, 0.3) is 11.8 Å². The van der Waals surface area contributed by atoms with Crippen LogP contribution in [-0.4, -0.2) is 52.8 Å². The molecule has 0 unspecified atom stereocenters. The second-order valence-electron chi connectivity index (χ2n) is 7.92. The van der Waals surface area contributed by atoms with Gasteiger partial charge in [-0.1, -0.05) is 30.3 Å². The summed E-state index contributed by atoms with van der Waals surface area (Å²) < 4.78 is 6.81. The number of benzene rings is 3. The van der Waals surface area contributed by atoms with Gasteiger partial charge in [-0.15, -0.1) is 11.3 Å². The van der Waals surface area contributed by atoms with Gasteiger partial charge in [-0.3, -0.25) is 9.59 Å². The first-order valence-corrected chi connectivity index (χ1v) is 11.7. The molecule has 0 N–H and O–H groups in total. The second-order valence-corrected chi connectivity index (χ2v) is 8.80. The van der Waals surface area contributed by atoms with Crippen molar-refractivity contribution >= 4 is 33.4 Å². The van der Waals surface area contributed by atoms with E-state index in [1.165, 1.54) is 11.3 Å². The van der Waals surface area contributed by atoms with Crippen LogP contribution in [0.5, 0.6) is 5.75 Å². The second kappa shape index (κ2) is 9.42. The van der Waals surface area contributed by atoms with Gasteiger partial charge in [0, 0.05) is 37.3 Å².